The van der Waals surface area contributed by atoms with Gasteiger partial charge in [0.25, 0.3) is 0 Å². The fraction of sp³-hybridized carbons (Fsp3) is 0. The lowest BCUT2D eigenvalue weighted by molar-refractivity contribution is 1.18. The van der Waals surface area contributed by atoms with Gasteiger partial charge >= 0.3 is 0 Å². The number of fused-ring (bicyclic) bond motifs is 7. The molecule has 4 nitrogen and oxygen atoms in total. The van der Waals surface area contributed by atoms with E-state index in [2.05, 4.69) is 113 Å². The van der Waals surface area contributed by atoms with E-state index in [-0.39, 0.29) is 0 Å². The third kappa shape index (κ3) is 3.74. The van der Waals surface area contributed by atoms with Crippen LogP contribution in [0.3, 0.4) is 0 Å². The van der Waals surface area contributed by atoms with E-state index in [1.807, 2.05) is 30.3 Å². The molecule has 0 aliphatic heterocycles. The SMILES string of the molecule is c1ccc2cc3c(cc2c1)c1c2ccccc2ccc1n3-c1ccc(-c2nc(-c3ccncc3)c3ccccc3n2)cc1. The standard InChI is InChI=1S/C39H24N4/c1-2-9-29-24-36-33(23-28(29)8-1)37-31-10-4-3-7-25(31)15-18-35(37)43(36)30-16-13-27(14-17-30)39-41-34-12-6-5-11-32(34)38(42-39)26-19-21-40-22-20-26/h1-24H. The van der Waals surface area contributed by atoms with Gasteiger partial charge in [-0.3, -0.25) is 4.98 Å². The largest absolute Gasteiger partial charge is 0.309 e. The van der Waals surface area contributed by atoms with E-state index in [4.69, 9.17) is 9.97 Å². The van der Waals surface area contributed by atoms with Gasteiger partial charge in [0.05, 0.1) is 22.2 Å². The van der Waals surface area contributed by atoms with Gasteiger partial charge in [0, 0.05) is 45.4 Å². The van der Waals surface area contributed by atoms with Crippen LogP contribution in [0, 0.1) is 0 Å². The van der Waals surface area contributed by atoms with Crippen LogP contribution in [-0.2, 0) is 0 Å². The molecular weight excluding hydrogens is 524 g/mol. The van der Waals surface area contributed by atoms with Crippen LogP contribution >= 0.6 is 0 Å². The predicted octanol–water partition coefficient (Wildman–Crippen LogP) is 9.76. The van der Waals surface area contributed by atoms with E-state index in [1.165, 1.54) is 43.4 Å². The quantitative estimate of drug-likeness (QED) is 0.221. The highest BCUT2D eigenvalue weighted by Crippen LogP contribution is 2.39. The number of pyridine rings is 1. The molecule has 9 rings (SSSR count). The maximum absolute atomic E-state index is 5.06. The molecule has 6 aromatic carbocycles. The summed E-state index contributed by atoms with van der Waals surface area (Å²) < 4.78 is 2.39. The van der Waals surface area contributed by atoms with Crippen LogP contribution in [0.2, 0.25) is 0 Å². The van der Waals surface area contributed by atoms with Gasteiger partial charge in [-0.05, 0) is 82.2 Å². The van der Waals surface area contributed by atoms with E-state index < -0.39 is 0 Å². The third-order valence-corrected chi connectivity index (χ3v) is 8.46. The van der Waals surface area contributed by atoms with Gasteiger partial charge in [0.2, 0.25) is 0 Å². The summed E-state index contributed by atoms with van der Waals surface area (Å²) in [5, 5.41) is 8.56. The summed E-state index contributed by atoms with van der Waals surface area (Å²) in [6.07, 6.45) is 3.61. The van der Waals surface area contributed by atoms with E-state index in [0.717, 1.165) is 33.4 Å². The maximum Gasteiger partial charge on any atom is 0.160 e. The second kappa shape index (κ2) is 9.33. The molecule has 0 unspecified atom stereocenters. The van der Waals surface area contributed by atoms with Crippen molar-refractivity contribution >= 4 is 54.3 Å². The predicted molar refractivity (Wildman–Crippen MR) is 178 cm³/mol. The lowest BCUT2D eigenvalue weighted by Gasteiger charge is -2.11. The molecule has 9 aromatic rings. The number of rotatable bonds is 3. The molecule has 0 aliphatic carbocycles. The molecule has 0 spiro atoms. The molecule has 0 fully saturated rings. The van der Waals surface area contributed by atoms with E-state index in [9.17, 15) is 0 Å². The summed E-state index contributed by atoms with van der Waals surface area (Å²) in [6, 6.07) is 47.2. The van der Waals surface area contributed by atoms with Crippen molar-refractivity contribution in [2.75, 3.05) is 0 Å². The first-order valence-corrected chi connectivity index (χ1v) is 14.4. The van der Waals surface area contributed by atoms with Gasteiger partial charge < -0.3 is 4.57 Å². The first-order valence-electron chi connectivity index (χ1n) is 14.4. The number of aromatic nitrogens is 4. The molecule has 0 saturated heterocycles. The number of hydrogen-bond acceptors (Lipinski definition) is 3. The molecule has 200 valence electrons. The Bertz CT molecular complexity index is 2490. The molecule has 4 heteroatoms. The zero-order valence-electron chi connectivity index (χ0n) is 23.1. The molecule has 43 heavy (non-hydrogen) atoms. The Morgan fingerprint density at radius 2 is 1.16 bits per heavy atom. The molecule has 3 heterocycles. The van der Waals surface area contributed by atoms with Crippen molar-refractivity contribution in [2.45, 2.75) is 0 Å². The van der Waals surface area contributed by atoms with Gasteiger partial charge in [-0.2, -0.15) is 0 Å². The third-order valence-electron chi connectivity index (χ3n) is 8.46. The second-order valence-corrected chi connectivity index (χ2v) is 10.9. The summed E-state index contributed by atoms with van der Waals surface area (Å²) in [6.45, 7) is 0. The second-order valence-electron chi connectivity index (χ2n) is 10.9. The zero-order chi connectivity index (χ0) is 28.3. The highest BCUT2D eigenvalue weighted by atomic mass is 15.0. The van der Waals surface area contributed by atoms with E-state index >= 15 is 0 Å². The zero-order valence-corrected chi connectivity index (χ0v) is 23.1. The van der Waals surface area contributed by atoms with Crippen molar-refractivity contribution in [1.82, 2.24) is 19.5 Å². The molecule has 0 bridgehead atoms. The van der Waals surface area contributed by atoms with Gasteiger partial charge in [0.1, 0.15) is 0 Å². The van der Waals surface area contributed by atoms with Crippen LogP contribution in [0.1, 0.15) is 0 Å². The molecular formula is C39H24N4. The Balaban J connectivity index is 1.26. The van der Waals surface area contributed by atoms with Crippen LogP contribution in [-0.4, -0.2) is 19.5 Å². The molecule has 0 aliphatic rings. The average molecular weight is 549 g/mol. The van der Waals surface area contributed by atoms with Crippen LogP contribution in [0.15, 0.2) is 146 Å². The first-order chi connectivity index (χ1) is 21.3. The van der Waals surface area contributed by atoms with Gasteiger partial charge in [-0.25, -0.2) is 9.97 Å². The minimum absolute atomic E-state index is 0.705. The van der Waals surface area contributed by atoms with Crippen molar-refractivity contribution in [3.05, 3.63) is 146 Å². The number of para-hydroxylation sites is 1. The van der Waals surface area contributed by atoms with Gasteiger partial charge in [0.15, 0.2) is 5.82 Å². The molecule has 3 aromatic heterocycles. The molecule has 0 radical (unpaired) electrons. The minimum Gasteiger partial charge on any atom is -0.309 e. The average Bonchev–Trinajstić information content (AvgIpc) is 3.40. The summed E-state index contributed by atoms with van der Waals surface area (Å²) in [5.74, 6) is 0.705. The number of hydrogen-bond donors (Lipinski definition) is 0. The van der Waals surface area contributed by atoms with Crippen LogP contribution in [0.4, 0.5) is 0 Å². The van der Waals surface area contributed by atoms with E-state index in [1.54, 1.807) is 12.4 Å². The Kier molecular flexibility index (Phi) is 5.16. The number of benzene rings is 6. The normalized spacial score (nSPS) is 11.7. The van der Waals surface area contributed by atoms with Crippen molar-refractivity contribution in [1.29, 1.82) is 0 Å². The van der Waals surface area contributed by atoms with Crippen molar-refractivity contribution < 1.29 is 0 Å². The molecule has 0 atom stereocenters. The van der Waals surface area contributed by atoms with Gasteiger partial charge in [-0.15, -0.1) is 0 Å². The molecule has 0 saturated carbocycles. The minimum atomic E-state index is 0.705. The number of nitrogens with zero attached hydrogens (tertiary/aromatic N) is 4. The van der Waals surface area contributed by atoms with Crippen LogP contribution in [0.5, 0.6) is 0 Å². The monoisotopic (exact) mass is 548 g/mol. The van der Waals surface area contributed by atoms with Crippen molar-refractivity contribution in [3.8, 4) is 28.3 Å². The Morgan fingerprint density at radius 1 is 0.465 bits per heavy atom. The van der Waals surface area contributed by atoms with Crippen molar-refractivity contribution in [2.24, 2.45) is 0 Å². The summed E-state index contributed by atoms with van der Waals surface area (Å²) in [4.78, 5) is 14.2. The van der Waals surface area contributed by atoms with Gasteiger partial charge in [-0.1, -0.05) is 72.8 Å². The summed E-state index contributed by atoms with van der Waals surface area (Å²) in [5.41, 5.74) is 7.32. The van der Waals surface area contributed by atoms with Crippen LogP contribution in [0.25, 0.3) is 82.6 Å². The fourth-order valence-electron chi connectivity index (χ4n) is 6.45. The molecule has 0 N–H and O–H groups in total. The summed E-state index contributed by atoms with van der Waals surface area (Å²) >= 11 is 0. The van der Waals surface area contributed by atoms with Crippen molar-refractivity contribution in [3.63, 3.8) is 0 Å². The topological polar surface area (TPSA) is 43.6 Å². The Morgan fingerprint density at radius 3 is 1.98 bits per heavy atom. The molecule has 0 amide bonds. The van der Waals surface area contributed by atoms with E-state index in [0.29, 0.717) is 5.82 Å². The highest BCUT2D eigenvalue weighted by molar-refractivity contribution is 6.23. The van der Waals surface area contributed by atoms with Crippen LogP contribution < -0.4 is 0 Å². The lowest BCUT2D eigenvalue weighted by atomic mass is 10.0. The fourth-order valence-corrected chi connectivity index (χ4v) is 6.45. The summed E-state index contributed by atoms with van der Waals surface area (Å²) in [7, 11) is 0. The lowest BCUT2D eigenvalue weighted by Crippen LogP contribution is -1.97. The smallest absolute Gasteiger partial charge is 0.160 e. The Hall–Kier alpha value is -5.87. The highest BCUT2D eigenvalue weighted by Gasteiger charge is 2.17. The maximum atomic E-state index is 5.06. The first kappa shape index (κ1) is 23.8. The Labute approximate surface area is 247 Å².